The third-order valence-electron chi connectivity index (χ3n) is 3.75. The number of hydrogen-bond donors (Lipinski definition) is 1. The van der Waals surface area contributed by atoms with E-state index in [1.54, 1.807) is 0 Å². The lowest BCUT2D eigenvalue weighted by atomic mass is 9.85. The quantitative estimate of drug-likeness (QED) is 0.824. The van der Waals surface area contributed by atoms with E-state index >= 15 is 0 Å². The molecule has 0 heterocycles. The van der Waals surface area contributed by atoms with Gasteiger partial charge in [-0.05, 0) is 30.7 Å². The first-order valence-corrected chi connectivity index (χ1v) is 6.85. The Balaban J connectivity index is 0.00000162. The monoisotopic (exact) mass is 268 g/mol. The molecule has 1 aliphatic rings. The number of benzene rings is 1. The average molecular weight is 269 g/mol. The summed E-state index contributed by atoms with van der Waals surface area (Å²) in [6.45, 7) is 4.23. The van der Waals surface area contributed by atoms with Crippen molar-refractivity contribution in [3.63, 3.8) is 0 Å². The van der Waals surface area contributed by atoms with Crippen molar-refractivity contribution in [2.45, 2.75) is 25.7 Å². The molecular formula is C15H25ClN2. The van der Waals surface area contributed by atoms with Gasteiger partial charge in [0.2, 0.25) is 0 Å². The van der Waals surface area contributed by atoms with Crippen LogP contribution in [0.5, 0.6) is 0 Å². The van der Waals surface area contributed by atoms with Crippen molar-refractivity contribution >= 4 is 12.4 Å². The van der Waals surface area contributed by atoms with Crippen LogP contribution in [0.15, 0.2) is 30.3 Å². The molecule has 0 radical (unpaired) electrons. The molecule has 18 heavy (non-hydrogen) atoms. The molecule has 1 aromatic carbocycles. The molecule has 0 saturated heterocycles. The van der Waals surface area contributed by atoms with Gasteiger partial charge in [0.25, 0.3) is 0 Å². The number of halogens is 1. The van der Waals surface area contributed by atoms with Crippen LogP contribution in [-0.2, 0) is 6.42 Å². The van der Waals surface area contributed by atoms with Gasteiger partial charge in [-0.2, -0.15) is 0 Å². The molecule has 0 spiro atoms. The Hall–Kier alpha value is -0.570. The second-order valence-corrected chi connectivity index (χ2v) is 5.12. The Morgan fingerprint density at radius 1 is 1.11 bits per heavy atom. The first kappa shape index (κ1) is 15.5. The van der Waals surface area contributed by atoms with Crippen LogP contribution in [0.3, 0.4) is 0 Å². The first-order valence-electron chi connectivity index (χ1n) is 6.85. The van der Waals surface area contributed by atoms with Crippen LogP contribution < -0.4 is 5.73 Å². The Labute approximate surface area is 117 Å². The molecule has 102 valence electrons. The molecule has 0 aliphatic heterocycles. The third kappa shape index (κ3) is 4.97. The van der Waals surface area contributed by atoms with E-state index in [1.807, 2.05) is 0 Å². The summed E-state index contributed by atoms with van der Waals surface area (Å²) in [5, 5.41) is 0. The molecule has 2 N–H and O–H groups in total. The summed E-state index contributed by atoms with van der Waals surface area (Å²) in [4.78, 5) is 2.54. The summed E-state index contributed by atoms with van der Waals surface area (Å²) in [6, 6.07) is 10.7. The van der Waals surface area contributed by atoms with Gasteiger partial charge in [-0.25, -0.2) is 0 Å². The van der Waals surface area contributed by atoms with E-state index in [9.17, 15) is 0 Å². The topological polar surface area (TPSA) is 29.3 Å². The molecule has 2 rings (SSSR count). The largest absolute Gasteiger partial charge is 0.329 e. The van der Waals surface area contributed by atoms with Gasteiger partial charge in [-0.3, -0.25) is 0 Å². The highest BCUT2D eigenvalue weighted by Crippen LogP contribution is 2.27. The molecule has 0 aromatic heterocycles. The number of nitrogens with zero attached hydrogens (tertiary/aromatic N) is 1. The van der Waals surface area contributed by atoms with Crippen molar-refractivity contribution in [1.29, 1.82) is 0 Å². The van der Waals surface area contributed by atoms with Crippen LogP contribution in [-0.4, -0.2) is 31.1 Å². The summed E-state index contributed by atoms with van der Waals surface area (Å²) in [5.74, 6) is 0.942. The highest BCUT2D eigenvalue weighted by atomic mass is 35.5. The molecule has 1 aromatic rings. The molecule has 1 aliphatic carbocycles. The Kier molecular flexibility index (Phi) is 7.33. The Bertz CT molecular complexity index is 312. The maximum Gasteiger partial charge on any atom is 0.0105 e. The molecule has 0 bridgehead atoms. The zero-order valence-electron chi connectivity index (χ0n) is 11.1. The van der Waals surface area contributed by atoms with Gasteiger partial charge in [0.15, 0.2) is 0 Å². The van der Waals surface area contributed by atoms with E-state index in [1.165, 1.54) is 31.4 Å². The van der Waals surface area contributed by atoms with E-state index in [2.05, 4.69) is 35.2 Å². The maximum absolute atomic E-state index is 5.69. The van der Waals surface area contributed by atoms with E-state index in [-0.39, 0.29) is 12.4 Å². The van der Waals surface area contributed by atoms with E-state index < -0.39 is 0 Å². The Morgan fingerprint density at radius 2 is 1.83 bits per heavy atom. The molecule has 0 unspecified atom stereocenters. The first-order chi connectivity index (χ1) is 8.38. The van der Waals surface area contributed by atoms with Crippen LogP contribution in [0.1, 0.15) is 24.8 Å². The van der Waals surface area contributed by atoms with E-state index in [0.29, 0.717) is 0 Å². The van der Waals surface area contributed by atoms with Crippen LogP contribution in [0.2, 0.25) is 0 Å². The zero-order chi connectivity index (χ0) is 11.9. The molecule has 0 amide bonds. The van der Waals surface area contributed by atoms with Crippen LogP contribution in [0.4, 0.5) is 0 Å². The lowest BCUT2D eigenvalue weighted by Crippen LogP contribution is -2.37. The van der Waals surface area contributed by atoms with Gasteiger partial charge >= 0.3 is 0 Å². The summed E-state index contributed by atoms with van der Waals surface area (Å²) in [5.41, 5.74) is 7.13. The predicted molar refractivity (Wildman–Crippen MR) is 80.2 cm³/mol. The van der Waals surface area contributed by atoms with E-state index in [0.717, 1.165) is 32.0 Å². The molecule has 3 heteroatoms. The molecule has 2 nitrogen and oxygen atoms in total. The lowest BCUT2D eigenvalue weighted by Gasteiger charge is -2.32. The van der Waals surface area contributed by atoms with Crippen LogP contribution in [0, 0.1) is 5.92 Å². The van der Waals surface area contributed by atoms with Gasteiger partial charge < -0.3 is 10.6 Å². The van der Waals surface area contributed by atoms with Crippen LogP contribution >= 0.6 is 12.4 Å². The molecule has 1 fully saturated rings. The third-order valence-corrected chi connectivity index (χ3v) is 3.75. The second-order valence-electron chi connectivity index (χ2n) is 5.12. The summed E-state index contributed by atoms with van der Waals surface area (Å²) in [6.07, 6.45) is 5.42. The van der Waals surface area contributed by atoms with Crippen molar-refractivity contribution in [1.82, 2.24) is 4.90 Å². The highest BCUT2D eigenvalue weighted by molar-refractivity contribution is 5.85. The van der Waals surface area contributed by atoms with Gasteiger partial charge in [-0.1, -0.05) is 36.8 Å². The van der Waals surface area contributed by atoms with Crippen molar-refractivity contribution in [2.24, 2.45) is 11.7 Å². The SMILES string of the molecule is Cl.NCCN(CCc1ccccc1)CC1CCC1. The standard InChI is InChI=1S/C15H24N2.ClH/c16-10-12-17(13-15-7-4-8-15)11-9-14-5-2-1-3-6-14;/h1-3,5-6,15H,4,7-13,16H2;1H. The fourth-order valence-corrected chi connectivity index (χ4v) is 2.45. The van der Waals surface area contributed by atoms with Crippen molar-refractivity contribution in [3.05, 3.63) is 35.9 Å². The number of rotatable bonds is 7. The highest BCUT2D eigenvalue weighted by Gasteiger charge is 2.20. The van der Waals surface area contributed by atoms with Gasteiger partial charge in [0.1, 0.15) is 0 Å². The summed E-state index contributed by atoms with van der Waals surface area (Å²) < 4.78 is 0. The molecule has 1 saturated carbocycles. The lowest BCUT2D eigenvalue weighted by molar-refractivity contribution is 0.182. The minimum absolute atomic E-state index is 0. The van der Waals surface area contributed by atoms with Crippen LogP contribution in [0.25, 0.3) is 0 Å². The number of nitrogens with two attached hydrogens (primary N) is 1. The van der Waals surface area contributed by atoms with Gasteiger partial charge in [-0.15, -0.1) is 12.4 Å². The average Bonchev–Trinajstić information content (AvgIpc) is 2.32. The van der Waals surface area contributed by atoms with E-state index in [4.69, 9.17) is 5.73 Å². The van der Waals surface area contributed by atoms with Crippen molar-refractivity contribution < 1.29 is 0 Å². The summed E-state index contributed by atoms with van der Waals surface area (Å²) >= 11 is 0. The van der Waals surface area contributed by atoms with Gasteiger partial charge in [0.05, 0.1) is 0 Å². The fourth-order valence-electron chi connectivity index (χ4n) is 2.45. The number of hydrogen-bond acceptors (Lipinski definition) is 2. The zero-order valence-corrected chi connectivity index (χ0v) is 11.9. The van der Waals surface area contributed by atoms with Gasteiger partial charge in [0, 0.05) is 26.2 Å². The second kappa shape index (κ2) is 8.52. The minimum Gasteiger partial charge on any atom is -0.329 e. The predicted octanol–water partition coefficient (Wildman–Crippen LogP) is 2.71. The van der Waals surface area contributed by atoms with Crippen molar-refractivity contribution in [3.8, 4) is 0 Å². The smallest absolute Gasteiger partial charge is 0.0105 e. The normalized spacial score (nSPS) is 15.2. The fraction of sp³-hybridized carbons (Fsp3) is 0.600. The Morgan fingerprint density at radius 3 is 2.39 bits per heavy atom. The molecular weight excluding hydrogens is 244 g/mol. The minimum atomic E-state index is 0. The maximum atomic E-state index is 5.69. The van der Waals surface area contributed by atoms with Crippen molar-refractivity contribution in [2.75, 3.05) is 26.2 Å². The summed E-state index contributed by atoms with van der Waals surface area (Å²) in [7, 11) is 0. The molecule has 0 atom stereocenters.